The van der Waals surface area contributed by atoms with Crippen molar-refractivity contribution in [2.45, 2.75) is 46.1 Å². The van der Waals surface area contributed by atoms with Gasteiger partial charge in [-0.05, 0) is 42.4 Å². The Hall–Kier alpha value is -1.55. The van der Waals surface area contributed by atoms with Crippen LogP contribution in [-0.4, -0.2) is 36.5 Å². The Bertz CT molecular complexity index is 491. The summed E-state index contributed by atoms with van der Waals surface area (Å²) >= 11 is 0. The van der Waals surface area contributed by atoms with Crippen molar-refractivity contribution >= 4 is 5.91 Å². The van der Waals surface area contributed by atoms with E-state index in [4.69, 9.17) is 10.5 Å². The second kappa shape index (κ2) is 7.14. The van der Waals surface area contributed by atoms with Crippen molar-refractivity contribution in [3.63, 3.8) is 0 Å². The zero-order valence-electron chi connectivity index (χ0n) is 14.0. The Morgan fingerprint density at radius 3 is 2.59 bits per heavy atom. The molecule has 1 aliphatic rings. The summed E-state index contributed by atoms with van der Waals surface area (Å²) < 4.78 is 6.03. The number of carbonyl (C=O) groups is 1. The van der Waals surface area contributed by atoms with Gasteiger partial charge < -0.3 is 15.4 Å². The summed E-state index contributed by atoms with van der Waals surface area (Å²) in [7, 11) is 0. The van der Waals surface area contributed by atoms with Gasteiger partial charge in [0.05, 0.1) is 13.1 Å². The molecule has 1 aromatic rings. The Labute approximate surface area is 133 Å². The molecule has 0 saturated carbocycles. The number of benzene rings is 1. The molecule has 1 unspecified atom stereocenters. The number of likely N-dealkylation sites (tertiary alicyclic amines) is 1. The number of amides is 1. The van der Waals surface area contributed by atoms with Crippen molar-refractivity contribution in [1.82, 2.24) is 4.90 Å². The molecule has 1 aromatic carbocycles. The molecule has 1 aliphatic heterocycles. The number of hydrogen-bond donors (Lipinski definition) is 1. The Balaban J connectivity index is 1.91. The number of hydrogen-bond acceptors (Lipinski definition) is 3. The number of ether oxygens (including phenoxy) is 1. The Morgan fingerprint density at radius 2 is 2.00 bits per heavy atom. The molecule has 0 bridgehead atoms. The molecule has 2 N–H and O–H groups in total. The largest absolute Gasteiger partial charge is 0.489 e. The molecular weight excluding hydrogens is 276 g/mol. The minimum Gasteiger partial charge on any atom is -0.489 e. The van der Waals surface area contributed by atoms with Gasteiger partial charge in [0.2, 0.25) is 5.91 Å². The molecule has 22 heavy (non-hydrogen) atoms. The maximum absolute atomic E-state index is 11.7. The molecule has 1 atom stereocenters. The molecule has 2 rings (SSSR count). The predicted molar refractivity (Wildman–Crippen MR) is 88.9 cm³/mol. The molecule has 4 heteroatoms. The van der Waals surface area contributed by atoms with Gasteiger partial charge in [-0.1, -0.05) is 32.9 Å². The fourth-order valence-corrected chi connectivity index (χ4v) is 2.88. The van der Waals surface area contributed by atoms with Crippen LogP contribution in [0.1, 0.15) is 39.2 Å². The molecule has 0 aliphatic carbocycles. The first-order chi connectivity index (χ1) is 10.4. The van der Waals surface area contributed by atoms with Crippen molar-refractivity contribution in [2.75, 3.05) is 19.6 Å². The number of carbonyl (C=O) groups excluding carboxylic acids is 1. The first-order valence-electron chi connectivity index (χ1n) is 8.11. The smallest absolute Gasteiger partial charge is 0.236 e. The molecule has 1 heterocycles. The molecule has 0 radical (unpaired) electrons. The monoisotopic (exact) mass is 304 g/mol. The van der Waals surface area contributed by atoms with E-state index >= 15 is 0 Å². The average molecular weight is 304 g/mol. The third kappa shape index (κ3) is 5.02. The quantitative estimate of drug-likeness (QED) is 0.930. The van der Waals surface area contributed by atoms with Gasteiger partial charge in [-0.25, -0.2) is 0 Å². The minimum absolute atomic E-state index is 0.00817. The molecular formula is C18H28N2O2. The van der Waals surface area contributed by atoms with Crippen molar-refractivity contribution in [3.05, 3.63) is 29.8 Å². The van der Waals surface area contributed by atoms with Gasteiger partial charge in [-0.2, -0.15) is 0 Å². The molecule has 1 saturated heterocycles. The van der Waals surface area contributed by atoms with Gasteiger partial charge in [-0.3, -0.25) is 4.79 Å². The predicted octanol–water partition coefficient (Wildman–Crippen LogP) is 2.60. The third-order valence-corrected chi connectivity index (χ3v) is 3.87. The molecule has 4 nitrogen and oxygen atoms in total. The maximum Gasteiger partial charge on any atom is 0.236 e. The number of nitrogens with two attached hydrogens (primary N) is 1. The van der Waals surface area contributed by atoms with Crippen molar-refractivity contribution in [3.8, 4) is 5.75 Å². The topological polar surface area (TPSA) is 55.6 Å². The summed E-state index contributed by atoms with van der Waals surface area (Å²) in [6, 6.07) is 8.33. The summed E-state index contributed by atoms with van der Waals surface area (Å²) in [5, 5.41) is 0. The summed E-state index contributed by atoms with van der Waals surface area (Å²) in [6.45, 7) is 8.22. The number of piperidine rings is 1. The van der Waals surface area contributed by atoms with Gasteiger partial charge in [0.1, 0.15) is 11.9 Å². The van der Waals surface area contributed by atoms with Crippen LogP contribution in [0.15, 0.2) is 24.3 Å². The first kappa shape index (κ1) is 16.8. The van der Waals surface area contributed by atoms with Gasteiger partial charge in [-0.15, -0.1) is 0 Å². The van der Waals surface area contributed by atoms with E-state index in [-0.39, 0.29) is 24.0 Å². The summed E-state index contributed by atoms with van der Waals surface area (Å²) in [4.78, 5) is 13.5. The van der Waals surface area contributed by atoms with Crippen LogP contribution in [0, 0.1) is 5.41 Å². The first-order valence-corrected chi connectivity index (χ1v) is 8.11. The molecule has 122 valence electrons. The highest BCUT2D eigenvalue weighted by Crippen LogP contribution is 2.23. The van der Waals surface area contributed by atoms with Gasteiger partial charge >= 0.3 is 0 Å². The average Bonchev–Trinajstić information content (AvgIpc) is 2.47. The van der Waals surface area contributed by atoms with Gasteiger partial charge in [0.25, 0.3) is 0 Å². The van der Waals surface area contributed by atoms with E-state index in [1.165, 1.54) is 5.56 Å². The highest BCUT2D eigenvalue weighted by Gasteiger charge is 2.24. The number of nitrogens with zero attached hydrogens (tertiary/aromatic N) is 1. The van der Waals surface area contributed by atoms with E-state index in [9.17, 15) is 4.79 Å². The SMILES string of the molecule is CC(C)(C)Cc1ccc(OC2CCCN(C(=O)CN)C2)cc1. The van der Waals surface area contributed by atoms with Crippen LogP contribution >= 0.6 is 0 Å². The van der Waals surface area contributed by atoms with E-state index in [1.54, 1.807) is 0 Å². The van der Waals surface area contributed by atoms with E-state index in [2.05, 4.69) is 32.9 Å². The standard InChI is InChI=1S/C18H28N2O2/c1-18(2,3)11-14-6-8-15(9-7-14)22-16-5-4-10-20(13-16)17(21)12-19/h6-9,16H,4-5,10-13,19H2,1-3H3. The van der Waals surface area contributed by atoms with Crippen LogP contribution in [-0.2, 0) is 11.2 Å². The van der Waals surface area contributed by atoms with E-state index in [0.717, 1.165) is 31.6 Å². The van der Waals surface area contributed by atoms with Crippen molar-refractivity contribution in [1.29, 1.82) is 0 Å². The lowest BCUT2D eigenvalue weighted by atomic mass is 9.88. The summed E-state index contributed by atoms with van der Waals surface area (Å²) in [5.74, 6) is 0.888. The Morgan fingerprint density at radius 1 is 1.32 bits per heavy atom. The van der Waals surface area contributed by atoms with Crippen LogP contribution in [0.5, 0.6) is 5.75 Å². The highest BCUT2D eigenvalue weighted by atomic mass is 16.5. The Kier molecular flexibility index (Phi) is 5.46. The fraction of sp³-hybridized carbons (Fsp3) is 0.611. The lowest BCUT2D eigenvalue weighted by Crippen LogP contribution is -2.46. The fourth-order valence-electron chi connectivity index (χ4n) is 2.88. The molecule has 0 aromatic heterocycles. The lowest BCUT2D eigenvalue weighted by molar-refractivity contribution is -0.132. The van der Waals surface area contributed by atoms with Crippen LogP contribution in [0.3, 0.4) is 0 Å². The minimum atomic E-state index is 0.00817. The van der Waals surface area contributed by atoms with Crippen LogP contribution in [0.4, 0.5) is 0 Å². The van der Waals surface area contributed by atoms with Gasteiger partial charge in [0, 0.05) is 6.54 Å². The van der Waals surface area contributed by atoms with E-state index < -0.39 is 0 Å². The zero-order valence-corrected chi connectivity index (χ0v) is 14.0. The summed E-state index contributed by atoms with van der Waals surface area (Å²) in [6.07, 6.45) is 3.07. The van der Waals surface area contributed by atoms with Crippen LogP contribution in [0.25, 0.3) is 0 Å². The van der Waals surface area contributed by atoms with Crippen LogP contribution in [0.2, 0.25) is 0 Å². The van der Waals surface area contributed by atoms with Crippen molar-refractivity contribution in [2.24, 2.45) is 11.1 Å². The van der Waals surface area contributed by atoms with Crippen LogP contribution < -0.4 is 10.5 Å². The lowest BCUT2D eigenvalue weighted by Gasteiger charge is -2.32. The number of rotatable bonds is 4. The molecule has 1 fully saturated rings. The normalized spacial score (nSPS) is 19.1. The third-order valence-electron chi connectivity index (χ3n) is 3.87. The molecule has 1 amide bonds. The van der Waals surface area contributed by atoms with Crippen molar-refractivity contribution < 1.29 is 9.53 Å². The second-order valence-corrected chi connectivity index (χ2v) is 7.31. The highest BCUT2D eigenvalue weighted by molar-refractivity contribution is 5.78. The second-order valence-electron chi connectivity index (χ2n) is 7.31. The summed E-state index contributed by atoms with van der Waals surface area (Å²) in [5.41, 5.74) is 7.05. The van der Waals surface area contributed by atoms with E-state index in [1.807, 2.05) is 17.0 Å². The molecule has 0 spiro atoms. The van der Waals surface area contributed by atoms with Gasteiger partial charge in [0.15, 0.2) is 0 Å². The van der Waals surface area contributed by atoms with E-state index in [0.29, 0.717) is 6.54 Å². The maximum atomic E-state index is 11.7. The zero-order chi connectivity index (χ0) is 16.2.